The molecule has 2 aromatic carbocycles. The lowest BCUT2D eigenvalue weighted by atomic mass is 10.0. The molecule has 2 atom stereocenters. The molecule has 6 heteroatoms. The number of hydrogen-bond donors (Lipinski definition) is 2. The molecule has 59 heavy (non-hydrogen) atoms. The summed E-state index contributed by atoms with van der Waals surface area (Å²) in [7, 11) is 0. The third kappa shape index (κ3) is 29.9. The fourth-order valence-electron chi connectivity index (χ4n) is 8.09. The lowest BCUT2D eigenvalue weighted by molar-refractivity contribution is 0.0108. The molecule has 0 aliphatic carbocycles. The summed E-state index contributed by atoms with van der Waals surface area (Å²) in [6.45, 7) is 8.93. The maximum Gasteiger partial charge on any atom is 0.122 e. The number of unbranched alkanes of at least 4 members (excludes halogenated alkanes) is 30. The first-order valence-corrected chi connectivity index (χ1v) is 25.4. The van der Waals surface area contributed by atoms with E-state index >= 15 is 0 Å². The minimum Gasteiger partial charge on any atom is -0.491 e. The fraction of sp³-hybridized carbons (Fsp3) is 0.811. The van der Waals surface area contributed by atoms with Crippen molar-refractivity contribution in [1.82, 2.24) is 0 Å². The second-order valence-electron chi connectivity index (χ2n) is 17.8. The van der Waals surface area contributed by atoms with Crippen LogP contribution in [-0.2, 0) is 9.47 Å². The van der Waals surface area contributed by atoms with E-state index in [2.05, 4.69) is 13.8 Å². The van der Waals surface area contributed by atoms with E-state index in [1.807, 2.05) is 37.3 Å². The number of aryl methyl sites for hydroxylation is 1. The highest BCUT2D eigenvalue weighted by Gasteiger charge is 2.12. The number of aliphatic hydroxyl groups excluding tert-OH is 2. The number of fused-ring (bicyclic) bond motifs is 1. The van der Waals surface area contributed by atoms with Crippen molar-refractivity contribution in [3.8, 4) is 11.5 Å². The smallest absolute Gasteiger partial charge is 0.122 e. The van der Waals surface area contributed by atoms with E-state index in [0.29, 0.717) is 19.0 Å². The van der Waals surface area contributed by atoms with Crippen LogP contribution in [0.25, 0.3) is 10.8 Å². The maximum absolute atomic E-state index is 10.5. The molecule has 0 aromatic heterocycles. The highest BCUT2D eigenvalue weighted by molar-refractivity contribution is 5.88. The average molecular weight is 827 g/mol. The van der Waals surface area contributed by atoms with Gasteiger partial charge in [0.1, 0.15) is 36.9 Å². The van der Waals surface area contributed by atoms with Gasteiger partial charge >= 0.3 is 0 Å². The molecule has 0 aliphatic rings. The molecular weight excluding hydrogens is 733 g/mol. The Balaban J connectivity index is 1.45. The molecule has 2 aromatic rings. The molecule has 0 saturated heterocycles. The summed E-state index contributed by atoms with van der Waals surface area (Å²) in [5.74, 6) is 1.45. The van der Waals surface area contributed by atoms with Gasteiger partial charge in [-0.05, 0) is 54.3 Å². The van der Waals surface area contributed by atoms with E-state index in [4.69, 9.17) is 18.9 Å². The number of hydrogen-bond acceptors (Lipinski definition) is 6. The summed E-state index contributed by atoms with van der Waals surface area (Å²) in [6, 6.07) is 9.96. The Labute approximate surface area is 364 Å². The van der Waals surface area contributed by atoms with Gasteiger partial charge in [-0.2, -0.15) is 0 Å². The molecule has 342 valence electrons. The van der Waals surface area contributed by atoms with Gasteiger partial charge in [-0.15, -0.1) is 0 Å². The van der Waals surface area contributed by atoms with Crippen LogP contribution in [-0.4, -0.2) is 62.1 Å². The summed E-state index contributed by atoms with van der Waals surface area (Å²) >= 11 is 0. The normalized spacial score (nSPS) is 12.7. The number of benzene rings is 2. The van der Waals surface area contributed by atoms with Crippen LogP contribution in [0.15, 0.2) is 30.3 Å². The van der Waals surface area contributed by atoms with Gasteiger partial charge in [0, 0.05) is 13.2 Å². The van der Waals surface area contributed by atoms with E-state index in [1.165, 1.54) is 193 Å². The first-order valence-electron chi connectivity index (χ1n) is 25.4. The van der Waals surface area contributed by atoms with Gasteiger partial charge in [-0.1, -0.05) is 219 Å². The van der Waals surface area contributed by atoms with Crippen molar-refractivity contribution < 1.29 is 29.2 Å². The van der Waals surface area contributed by atoms with E-state index in [9.17, 15) is 10.2 Å². The molecule has 0 saturated carbocycles. The van der Waals surface area contributed by atoms with E-state index < -0.39 is 12.2 Å². The van der Waals surface area contributed by atoms with E-state index in [-0.39, 0.29) is 26.4 Å². The Hall–Kier alpha value is -1.86. The van der Waals surface area contributed by atoms with E-state index in [1.54, 1.807) is 0 Å². The standard InChI is InChI=1S/C53H94O6/c1-4-6-8-10-12-14-16-18-20-22-24-26-28-30-32-34-40-56-43-49(54)45-58-51-38-36-48-37-39-53(47(3)52(48)42-51)59-46-50(55)44-57-41-35-33-31-29-27-25-23-21-19-17-15-13-11-9-7-5-2/h36-39,42,49-50,54-55H,4-35,40-41,43-46H2,1-3H3. The van der Waals surface area contributed by atoms with Gasteiger partial charge in [0.25, 0.3) is 0 Å². The zero-order valence-corrected chi connectivity index (χ0v) is 38.9. The molecule has 0 bridgehead atoms. The predicted octanol–water partition coefficient (Wildman–Crippen LogP) is 15.2. The highest BCUT2D eigenvalue weighted by atomic mass is 16.5. The van der Waals surface area contributed by atoms with Crippen LogP contribution < -0.4 is 9.47 Å². The SMILES string of the molecule is CCCCCCCCCCCCCCCCCCOCC(O)COc1ccc2ccc(OCC(O)COCCCCCCCCCCCCCCCCCC)c(C)c2c1. The topological polar surface area (TPSA) is 77.4 Å². The van der Waals surface area contributed by atoms with Gasteiger partial charge in [0.15, 0.2) is 0 Å². The van der Waals surface area contributed by atoms with Crippen molar-refractivity contribution in [3.63, 3.8) is 0 Å². The first kappa shape index (κ1) is 53.3. The molecule has 0 spiro atoms. The van der Waals surface area contributed by atoms with Gasteiger partial charge in [-0.3, -0.25) is 0 Å². The lowest BCUT2D eigenvalue weighted by Gasteiger charge is -2.16. The summed E-state index contributed by atoms with van der Waals surface area (Å²) < 4.78 is 23.5. The second-order valence-corrected chi connectivity index (χ2v) is 17.8. The minimum absolute atomic E-state index is 0.186. The minimum atomic E-state index is -0.673. The van der Waals surface area contributed by atoms with Crippen molar-refractivity contribution in [2.24, 2.45) is 0 Å². The van der Waals surface area contributed by atoms with Gasteiger partial charge in [0.2, 0.25) is 0 Å². The molecule has 0 amide bonds. The molecule has 0 heterocycles. The monoisotopic (exact) mass is 827 g/mol. The quantitative estimate of drug-likeness (QED) is 0.0648. The van der Waals surface area contributed by atoms with Gasteiger partial charge < -0.3 is 29.2 Å². The molecule has 2 unspecified atom stereocenters. The van der Waals surface area contributed by atoms with Crippen molar-refractivity contribution in [3.05, 3.63) is 35.9 Å². The Morgan fingerprint density at radius 3 is 1.14 bits per heavy atom. The third-order valence-corrected chi connectivity index (χ3v) is 12.0. The predicted molar refractivity (Wildman–Crippen MR) is 252 cm³/mol. The second kappa shape index (κ2) is 39.0. The summed E-state index contributed by atoms with van der Waals surface area (Å²) in [4.78, 5) is 0. The maximum atomic E-state index is 10.5. The number of ether oxygens (including phenoxy) is 4. The lowest BCUT2D eigenvalue weighted by Crippen LogP contribution is -2.24. The van der Waals surface area contributed by atoms with Crippen LogP contribution in [0.3, 0.4) is 0 Å². The molecule has 2 N–H and O–H groups in total. The molecule has 6 nitrogen and oxygen atoms in total. The van der Waals surface area contributed by atoms with Crippen LogP contribution in [0, 0.1) is 6.92 Å². The van der Waals surface area contributed by atoms with Gasteiger partial charge in [-0.25, -0.2) is 0 Å². The fourth-order valence-corrected chi connectivity index (χ4v) is 8.09. The number of rotatable bonds is 44. The Bertz CT molecular complexity index is 1200. The summed E-state index contributed by atoms with van der Waals surface area (Å²) in [6.07, 6.45) is 42.0. The highest BCUT2D eigenvalue weighted by Crippen LogP contribution is 2.30. The van der Waals surface area contributed by atoms with Crippen LogP contribution in [0.5, 0.6) is 11.5 Å². The molecule has 0 aliphatic heterocycles. The Morgan fingerprint density at radius 1 is 0.407 bits per heavy atom. The van der Waals surface area contributed by atoms with Crippen molar-refractivity contribution >= 4 is 10.8 Å². The Kier molecular flexibility index (Phi) is 35.2. The molecule has 2 rings (SSSR count). The third-order valence-electron chi connectivity index (χ3n) is 12.0. The molecular formula is C53H94O6. The molecule has 0 fully saturated rings. The zero-order chi connectivity index (χ0) is 42.3. The van der Waals surface area contributed by atoms with Crippen LogP contribution in [0.4, 0.5) is 0 Å². The van der Waals surface area contributed by atoms with Crippen LogP contribution >= 0.6 is 0 Å². The van der Waals surface area contributed by atoms with Gasteiger partial charge in [0.05, 0.1) is 13.2 Å². The largest absolute Gasteiger partial charge is 0.491 e. The van der Waals surface area contributed by atoms with Crippen LogP contribution in [0.1, 0.15) is 225 Å². The van der Waals surface area contributed by atoms with Crippen molar-refractivity contribution in [2.75, 3.05) is 39.6 Å². The van der Waals surface area contributed by atoms with Crippen molar-refractivity contribution in [2.45, 2.75) is 238 Å². The molecule has 0 radical (unpaired) electrons. The first-order chi connectivity index (χ1) is 29.0. The summed E-state index contributed by atoms with van der Waals surface area (Å²) in [5, 5.41) is 23.1. The number of aliphatic hydroxyl groups is 2. The van der Waals surface area contributed by atoms with Crippen LogP contribution in [0.2, 0.25) is 0 Å². The van der Waals surface area contributed by atoms with E-state index in [0.717, 1.165) is 34.9 Å². The van der Waals surface area contributed by atoms with Crippen molar-refractivity contribution in [1.29, 1.82) is 0 Å². The average Bonchev–Trinajstić information content (AvgIpc) is 3.24. The summed E-state index contributed by atoms with van der Waals surface area (Å²) in [5.41, 5.74) is 0.997. The Morgan fingerprint density at radius 2 is 0.746 bits per heavy atom. The zero-order valence-electron chi connectivity index (χ0n) is 38.9.